The Bertz CT molecular complexity index is 775. The summed E-state index contributed by atoms with van der Waals surface area (Å²) in [5.74, 6) is -1.94. The molecule has 3 rings (SSSR count). The molecule has 2 N–H and O–H groups in total. The number of benzene rings is 1. The number of rotatable bonds is 3. The van der Waals surface area contributed by atoms with Crippen LogP contribution >= 0.6 is 11.3 Å². The van der Waals surface area contributed by atoms with Crippen LogP contribution in [-0.2, 0) is 20.8 Å². The van der Waals surface area contributed by atoms with E-state index in [1.807, 2.05) is 24.3 Å². The van der Waals surface area contributed by atoms with Crippen molar-refractivity contribution >= 4 is 39.9 Å². The van der Waals surface area contributed by atoms with Crippen molar-refractivity contribution < 1.29 is 14.4 Å². The first-order valence-corrected chi connectivity index (χ1v) is 8.35. The van der Waals surface area contributed by atoms with Crippen molar-refractivity contribution in [2.24, 2.45) is 0 Å². The van der Waals surface area contributed by atoms with Gasteiger partial charge in [-0.3, -0.25) is 19.7 Å². The normalized spacial score (nSPS) is 14.0. The van der Waals surface area contributed by atoms with E-state index < -0.39 is 17.9 Å². The molecule has 1 aromatic carbocycles. The van der Waals surface area contributed by atoms with E-state index in [1.54, 1.807) is 17.2 Å². The molecule has 0 fully saturated rings. The lowest BCUT2D eigenvalue weighted by atomic mass is 10.2. The van der Waals surface area contributed by atoms with E-state index in [2.05, 4.69) is 15.6 Å². The molecule has 0 saturated heterocycles. The Balaban J connectivity index is 1.60. The Hall–Kier alpha value is -2.74. The lowest BCUT2D eigenvalue weighted by Crippen LogP contribution is -2.49. The summed E-state index contributed by atoms with van der Waals surface area (Å²) in [7, 11) is 0. The van der Waals surface area contributed by atoms with Gasteiger partial charge >= 0.3 is 11.8 Å². The highest BCUT2D eigenvalue weighted by molar-refractivity contribution is 7.13. The van der Waals surface area contributed by atoms with Crippen LogP contribution in [0.15, 0.2) is 35.8 Å². The second-order valence-electron chi connectivity index (χ2n) is 5.36. The zero-order chi connectivity index (χ0) is 17.1. The van der Waals surface area contributed by atoms with Gasteiger partial charge in [0.15, 0.2) is 5.13 Å². The molecule has 3 amide bonds. The molecular weight excluding hydrogens is 328 g/mol. The summed E-state index contributed by atoms with van der Waals surface area (Å²) in [5.41, 5.74) is 1.96. The Kier molecular flexibility index (Phi) is 4.57. The van der Waals surface area contributed by atoms with Crippen molar-refractivity contribution in [3.05, 3.63) is 41.4 Å². The molecule has 7 nitrogen and oxygen atoms in total. The summed E-state index contributed by atoms with van der Waals surface area (Å²) < 4.78 is 0. The third-order valence-corrected chi connectivity index (χ3v) is 4.42. The maximum Gasteiger partial charge on any atom is 0.315 e. The summed E-state index contributed by atoms with van der Waals surface area (Å²) >= 11 is 1.21. The lowest BCUT2D eigenvalue weighted by Gasteiger charge is -2.22. The third-order valence-electron chi connectivity index (χ3n) is 3.73. The molecule has 0 radical (unpaired) electrons. The van der Waals surface area contributed by atoms with Crippen LogP contribution in [0.4, 0.5) is 10.8 Å². The van der Waals surface area contributed by atoms with Crippen molar-refractivity contribution in [2.45, 2.75) is 19.4 Å². The molecule has 124 valence electrons. The minimum absolute atomic E-state index is 0.240. The van der Waals surface area contributed by atoms with Gasteiger partial charge in [-0.1, -0.05) is 18.2 Å². The van der Waals surface area contributed by atoms with Gasteiger partial charge in [-0.15, -0.1) is 11.3 Å². The number of fused-ring (bicyclic) bond motifs is 1. The zero-order valence-electron chi connectivity index (χ0n) is 13.0. The van der Waals surface area contributed by atoms with E-state index in [0.29, 0.717) is 11.7 Å². The minimum atomic E-state index is -0.862. The van der Waals surface area contributed by atoms with Crippen LogP contribution in [0, 0.1) is 0 Å². The van der Waals surface area contributed by atoms with E-state index in [4.69, 9.17) is 0 Å². The maximum absolute atomic E-state index is 12.6. The standard InChI is InChI=1S/C16H16N4O3S/c1-10(18-13(21)14(22)19-16-17-7-9-24-16)15(23)20-8-6-11-4-2-3-5-12(11)20/h2-5,7,9-10H,6,8H2,1H3,(H,18,21)(H,17,19,22)/t10-/m0/s1. The number of para-hydroxylation sites is 1. The second-order valence-corrected chi connectivity index (χ2v) is 6.25. The van der Waals surface area contributed by atoms with Crippen LogP contribution in [0.2, 0.25) is 0 Å². The number of anilines is 2. The molecule has 1 atom stereocenters. The molecule has 2 aromatic rings. The molecule has 1 aliphatic heterocycles. The van der Waals surface area contributed by atoms with Gasteiger partial charge in [0, 0.05) is 23.8 Å². The summed E-state index contributed by atoms with van der Waals surface area (Å²) in [5, 5.41) is 6.84. The molecule has 1 aromatic heterocycles. The first-order valence-electron chi connectivity index (χ1n) is 7.47. The average molecular weight is 344 g/mol. The van der Waals surface area contributed by atoms with Crippen molar-refractivity contribution in [1.82, 2.24) is 10.3 Å². The molecular formula is C16H16N4O3S. The number of carbonyl (C=O) groups is 3. The number of thiazole rings is 1. The quantitative estimate of drug-likeness (QED) is 0.818. The maximum atomic E-state index is 12.6. The monoisotopic (exact) mass is 344 g/mol. The van der Waals surface area contributed by atoms with Crippen molar-refractivity contribution in [1.29, 1.82) is 0 Å². The molecule has 0 aliphatic carbocycles. The summed E-state index contributed by atoms with van der Waals surface area (Å²) in [6.45, 7) is 2.14. The van der Waals surface area contributed by atoms with Gasteiger partial charge in [-0.05, 0) is 25.0 Å². The predicted octanol–water partition coefficient (Wildman–Crippen LogP) is 1.18. The number of nitrogens with one attached hydrogen (secondary N) is 2. The van der Waals surface area contributed by atoms with Crippen LogP contribution in [-0.4, -0.2) is 35.3 Å². The molecule has 1 aliphatic rings. The van der Waals surface area contributed by atoms with Gasteiger partial charge < -0.3 is 10.2 Å². The van der Waals surface area contributed by atoms with Gasteiger partial charge in [-0.25, -0.2) is 4.98 Å². The van der Waals surface area contributed by atoms with Gasteiger partial charge in [0.05, 0.1) is 0 Å². The zero-order valence-corrected chi connectivity index (χ0v) is 13.8. The van der Waals surface area contributed by atoms with Crippen LogP contribution in [0.1, 0.15) is 12.5 Å². The highest BCUT2D eigenvalue weighted by Gasteiger charge is 2.29. The van der Waals surface area contributed by atoms with E-state index in [9.17, 15) is 14.4 Å². The average Bonchev–Trinajstić information content (AvgIpc) is 3.23. The number of nitrogens with zero attached hydrogens (tertiary/aromatic N) is 2. The molecule has 8 heteroatoms. The van der Waals surface area contributed by atoms with Gasteiger partial charge in [0.25, 0.3) is 0 Å². The van der Waals surface area contributed by atoms with Crippen molar-refractivity contribution in [3.63, 3.8) is 0 Å². The lowest BCUT2D eigenvalue weighted by molar-refractivity contribution is -0.137. The topological polar surface area (TPSA) is 91.4 Å². The smallest absolute Gasteiger partial charge is 0.315 e. The molecule has 2 heterocycles. The third kappa shape index (κ3) is 3.28. The van der Waals surface area contributed by atoms with Crippen LogP contribution in [0.3, 0.4) is 0 Å². The first-order chi connectivity index (χ1) is 11.6. The van der Waals surface area contributed by atoms with Crippen LogP contribution in [0.25, 0.3) is 0 Å². The summed E-state index contributed by atoms with van der Waals surface area (Å²) in [4.78, 5) is 41.8. The molecule has 0 unspecified atom stereocenters. The van der Waals surface area contributed by atoms with Crippen LogP contribution in [0.5, 0.6) is 0 Å². The summed E-state index contributed by atoms with van der Waals surface area (Å²) in [6.07, 6.45) is 2.31. The van der Waals surface area contributed by atoms with Gasteiger partial charge in [0.1, 0.15) is 6.04 Å². The molecule has 24 heavy (non-hydrogen) atoms. The Labute approximate surface area is 142 Å². The van der Waals surface area contributed by atoms with E-state index in [-0.39, 0.29) is 5.91 Å². The first kappa shape index (κ1) is 16.1. The number of amides is 3. The summed E-state index contributed by atoms with van der Waals surface area (Å²) in [6, 6.07) is 6.86. The highest BCUT2D eigenvalue weighted by Crippen LogP contribution is 2.27. The number of carbonyl (C=O) groups excluding carboxylic acids is 3. The Morgan fingerprint density at radius 1 is 1.25 bits per heavy atom. The fourth-order valence-electron chi connectivity index (χ4n) is 2.56. The fraction of sp³-hybridized carbons (Fsp3) is 0.250. The highest BCUT2D eigenvalue weighted by atomic mass is 32.1. The van der Waals surface area contributed by atoms with Crippen molar-refractivity contribution in [2.75, 3.05) is 16.8 Å². The number of hydrogen-bond acceptors (Lipinski definition) is 5. The number of hydrogen-bond donors (Lipinski definition) is 2. The minimum Gasteiger partial charge on any atom is -0.336 e. The van der Waals surface area contributed by atoms with Gasteiger partial charge in [-0.2, -0.15) is 0 Å². The largest absolute Gasteiger partial charge is 0.336 e. The van der Waals surface area contributed by atoms with Crippen LogP contribution < -0.4 is 15.5 Å². The molecule has 0 bridgehead atoms. The number of aromatic nitrogens is 1. The second kappa shape index (κ2) is 6.79. The van der Waals surface area contributed by atoms with E-state index >= 15 is 0 Å². The van der Waals surface area contributed by atoms with Crippen molar-refractivity contribution in [3.8, 4) is 0 Å². The predicted molar refractivity (Wildman–Crippen MR) is 90.8 cm³/mol. The SMILES string of the molecule is C[C@H](NC(=O)C(=O)Nc1nccs1)C(=O)N1CCc2ccccc21. The molecule has 0 spiro atoms. The molecule has 0 saturated carbocycles. The Morgan fingerprint density at radius 2 is 2.04 bits per heavy atom. The van der Waals surface area contributed by atoms with E-state index in [1.165, 1.54) is 17.5 Å². The Morgan fingerprint density at radius 3 is 2.79 bits per heavy atom. The fourth-order valence-corrected chi connectivity index (χ4v) is 3.09. The van der Waals surface area contributed by atoms with E-state index in [0.717, 1.165) is 17.7 Å². The van der Waals surface area contributed by atoms with Gasteiger partial charge in [0.2, 0.25) is 5.91 Å².